The van der Waals surface area contributed by atoms with Crippen molar-refractivity contribution < 1.29 is 0 Å². The molecule has 0 aliphatic heterocycles. The number of nitrogens with zero attached hydrogens (tertiary/aromatic N) is 1. The topological polar surface area (TPSA) is 64.8 Å². The van der Waals surface area contributed by atoms with Gasteiger partial charge in [0.1, 0.15) is 5.82 Å². The van der Waals surface area contributed by atoms with Crippen LogP contribution in [0.1, 0.15) is 0 Å². The number of anilines is 4. The molecular formula is C16H15N5S. The van der Waals surface area contributed by atoms with Crippen LogP contribution in [0, 0.1) is 0 Å². The van der Waals surface area contributed by atoms with E-state index >= 15 is 0 Å². The van der Waals surface area contributed by atoms with Crippen LogP contribution in [0.3, 0.4) is 0 Å². The SMILES string of the molecule is S=C(Nc1ccccc1)Nc1cc(Nc2ccccc2)[nH]n1. The minimum absolute atomic E-state index is 0.490. The van der Waals surface area contributed by atoms with Crippen LogP contribution in [0.4, 0.5) is 23.0 Å². The fourth-order valence-corrected chi connectivity index (χ4v) is 2.15. The minimum Gasteiger partial charge on any atom is -0.341 e. The summed E-state index contributed by atoms with van der Waals surface area (Å²) in [5.41, 5.74) is 1.92. The summed E-state index contributed by atoms with van der Waals surface area (Å²) < 4.78 is 0. The van der Waals surface area contributed by atoms with Crippen LogP contribution in [0.15, 0.2) is 66.7 Å². The summed E-state index contributed by atoms with van der Waals surface area (Å²) in [7, 11) is 0. The minimum atomic E-state index is 0.490. The molecule has 0 saturated carbocycles. The van der Waals surface area contributed by atoms with Gasteiger partial charge in [-0.25, -0.2) is 0 Å². The summed E-state index contributed by atoms with van der Waals surface area (Å²) in [6.07, 6.45) is 0. The molecule has 2 aromatic carbocycles. The van der Waals surface area contributed by atoms with E-state index in [2.05, 4.69) is 26.1 Å². The molecule has 6 heteroatoms. The lowest BCUT2D eigenvalue weighted by Crippen LogP contribution is -2.19. The Hall–Kier alpha value is -2.86. The zero-order valence-electron chi connectivity index (χ0n) is 11.7. The smallest absolute Gasteiger partial charge is 0.176 e. The summed E-state index contributed by atoms with van der Waals surface area (Å²) in [5, 5.41) is 16.9. The van der Waals surface area contributed by atoms with Gasteiger partial charge in [0.15, 0.2) is 10.9 Å². The van der Waals surface area contributed by atoms with Crippen molar-refractivity contribution >= 4 is 40.3 Å². The predicted octanol–water partition coefficient (Wildman–Crippen LogP) is 3.96. The Morgan fingerprint density at radius 2 is 1.50 bits per heavy atom. The van der Waals surface area contributed by atoms with Gasteiger partial charge in [-0.05, 0) is 36.5 Å². The van der Waals surface area contributed by atoms with E-state index in [0.717, 1.165) is 17.2 Å². The fraction of sp³-hybridized carbons (Fsp3) is 0. The molecule has 110 valence electrons. The predicted molar refractivity (Wildman–Crippen MR) is 94.6 cm³/mol. The van der Waals surface area contributed by atoms with E-state index < -0.39 is 0 Å². The molecule has 5 nitrogen and oxygen atoms in total. The summed E-state index contributed by atoms with van der Waals surface area (Å²) in [4.78, 5) is 0. The first-order valence-corrected chi connectivity index (χ1v) is 7.21. The van der Waals surface area contributed by atoms with E-state index in [4.69, 9.17) is 12.2 Å². The Morgan fingerprint density at radius 3 is 2.18 bits per heavy atom. The first-order chi connectivity index (χ1) is 10.8. The Bertz CT molecular complexity index is 739. The summed E-state index contributed by atoms with van der Waals surface area (Å²) in [6.45, 7) is 0. The largest absolute Gasteiger partial charge is 0.341 e. The Morgan fingerprint density at radius 1 is 0.864 bits per heavy atom. The van der Waals surface area contributed by atoms with Gasteiger partial charge in [0.2, 0.25) is 0 Å². The van der Waals surface area contributed by atoms with Gasteiger partial charge < -0.3 is 16.0 Å². The third kappa shape index (κ3) is 3.83. The zero-order chi connectivity index (χ0) is 15.2. The summed E-state index contributed by atoms with van der Waals surface area (Å²) >= 11 is 5.26. The van der Waals surface area contributed by atoms with E-state index in [1.54, 1.807) is 0 Å². The Balaban J connectivity index is 1.58. The molecule has 0 radical (unpaired) electrons. The molecule has 22 heavy (non-hydrogen) atoms. The van der Waals surface area contributed by atoms with E-state index in [1.165, 1.54) is 0 Å². The van der Waals surface area contributed by atoms with Crippen molar-refractivity contribution in [3.05, 3.63) is 66.7 Å². The van der Waals surface area contributed by atoms with Crippen molar-refractivity contribution in [2.24, 2.45) is 0 Å². The highest BCUT2D eigenvalue weighted by atomic mass is 32.1. The van der Waals surface area contributed by atoms with Crippen LogP contribution in [0.2, 0.25) is 0 Å². The molecular weight excluding hydrogens is 294 g/mol. The van der Waals surface area contributed by atoms with Crippen LogP contribution >= 0.6 is 12.2 Å². The van der Waals surface area contributed by atoms with Gasteiger partial charge in [-0.15, -0.1) is 0 Å². The average Bonchev–Trinajstić information content (AvgIpc) is 2.96. The number of nitrogens with one attached hydrogen (secondary N) is 4. The monoisotopic (exact) mass is 309 g/mol. The lowest BCUT2D eigenvalue weighted by molar-refractivity contribution is 1.10. The molecule has 3 aromatic rings. The Labute approximate surface area is 133 Å². The molecule has 0 atom stereocenters. The molecule has 0 fully saturated rings. The van der Waals surface area contributed by atoms with Gasteiger partial charge >= 0.3 is 0 Å². The molecule has 0 spiro atoms. The maximum Gasteiger partial charge on any atom is 0.176 e. The van der Waals surface area contributed by atoms with Crippen molar-refractivity contribution in [2.45, 2.75) is 0 Å². The fourth-order valence-electron chi connectivity index (χ4n) is 1.93. The molecule has 1 aromatic heterocycles. The van der Waals surface area contributed by atoms with Gasteiger partial charge in [0.25, 0.3) is 0 Å². The third-order valence-electron chi connectivity index (χ3n) is 2.90. The second kappa shape index (κ2) is 6.73. The lowest BCUT2D eigenvalue weighted by Gasteiger charge is -2.07. The number of aromatic nitrogens is 2. The number of rotatable bonds is 4. The van der Waals surface area contributed by atoms with E-state index in [9.17, 15) is 0 Å². The second-order valence-corrected chi connectivity index (χ2v) is 5.01. The highest BCUT2D eigenvalue weighted by molar-refractivity contribution is 7.80. The standard InChI is InChI=1S/C16H15N5S/c22-16(18-13-9-5-2-6-10-13)19-15-11-14(20-21-15)17-12-7-3-1-4-8-12/h1-11H,(H4,17,18,19,20,21,22). The first-order valence-electron chi connectivity index (χ1n) is 6.80. The first kappa shape index (κ1) is 14.1. The molecule has 0 bridgehead atoms. The van der Waals surface area contributed by atoms with E-state index in [0.29, 0.717) is 10.9 Å². The van der Waals surface area contributed by atoms with Gasteiger partial charge in [-0.2, -0.15) is 5.10 Å². The maximum absolute atomic E-state index is 5.26. The maximum atomic E-state index is 5.26. The third-order valence-corrected chi connectivity index (χ3v) is 3.11. The highest BCUT2D eigenvalue weighted by Crippen LogP contribution is 2.16. The second-order valence-electron chi connectivity index (χ2n) is 4.60. The number of thiocarbonyl (C=S) groups is 1. The van der Waals surface area contributed by atoms with Crippen LogP contribution in [-0.4, -0.2) is 15.3 Å². The number of aromatic amines is 1. The quantitative estimate of drug-likeness (QED) is 0.549. The zero-order valence-corrected chi connectivity index (χ0v) is 12.5. The van der Waals surface area contributed by atoms with Crippen molar-refractivity contribution in [3.8, 4) is 0 Å². The number of H-pyrrole nitrogens is 1. The molecule has 0 unspecified atom stereocenters. The average molecular weight is 309 g/mol. The van der Waals surface area contributed by atoms with Crippen molar-refractivity contribution in [3.63, 3.8) is 0 Å². The molecule has 0 amide bonds. The van der Waals surface area contributed by atoms with Gasteiger partial charge in [0.05, 0.1) is 0 Å². The summed E-state index contributed by atoms with van der Waals surface area (Å²) in [5.74, 6) is 1.43. The number of para-hydroxylation sites is 2. The van der Waals surface area contributed by atoms with Crippen LogP contribution in [0.5, 0.6) is 0 Å². The molecule has 0 aliphatic carbocycles. The van der Waals surface area contributed by atoms with Crippen LogP contribution < -0.4 is 16.0 Å². The number of benzene rings is 2. The van der Waals surface area contributed by atoms with Gasteiger partial charge in [0, 0.05) is 17.4 Å². The van der Waals surface area contributed by atoms with E-state index in [1.807, 2.05) is 66.7 Å². The number of hydrogen-bond donors (Lipinski definition) is 4. The molecule has 4 N–H and O–H groups in total. The highest BCUT2D eigenvalue weighted by Gasteiger charge is 2.03. The van der Waals surface area contributed by atoms with Crippen LogP contribution in [-0.2, 0) is 0 Å². The van der Waals surface area contributed by atoms with Crippen molar-refractivity contribution in [1.82, 2.24) is 10.2 Å². The summed E-state index contributed by atoms with van der Waals surface area (Å²) in [6, 6.07) is 21.5. The molecule has 0 saturated heterocycles. The van der Waals surface area contributed by atoms with E-state index in [-0.39, 0.29) is 0 Å². The number of hydrogen-bond acceptors (Lipinski definition) is 3. The van der Waals surface area contributed by atoms with Crippen LogP contribution in [0.25, 0.3) is 0 Å². The van der Waals surface area contributed by atoms with Crippen molar-refractivity contribution in [1.29, 1.82) is 0 Å². The molecule has 3 rings (SSSR count). The molecule has 0 aliphatic rings. The molecule has 1 heterocycles. The normalized spacial score (nSPS) is 10.0. The van der Waals surface area contributed by atoms with Gasteiger partial charge in [-0.1, -0.05) is 36.4 Å². The van der Waals surface area contributed by atoms with Gasteiger partial charge in [-0.3, -0.25) is 5.10 Å². The van der Waals surface area contributed by atoms with Crippen molar-refractivity contribution in [2.75, 3.05) is 16.0 Å². The lowest BCUT2D eigenvalue weighted by atomic mass is 10.3. The Kier molecular flexibility index (Phi) is 4.31.